The van der Waals surface area contributed by atoms with Gasteiger partial charge in [-0.05, 0) is 38.3 Å². The van der Waals surface area contributed by atoms with Gasteiger partial charge < -0.3 is 4.90 Å². The van der Waals surface area contributed by atoms with E-state index >= 15 is 0 Å². The molecule has 15 heavy (non-hydrogen) atoms. The van der Waals surface area contributed by atoms with Gasteiger partial charge in [0.1, 0.15) is 0 Å². The summed E-state index contributed by atoms with van der Waals surface area (Å²) in [6.45, 7) is 5.42. The zero-order valence-electron chi connectivity index (χ0n) is 9.28. The molecule has 0 bridgehead atoms. The van der Waals surface area contributed by atoms with E-state index in [2.05, 4.69) is 29.8 Å². The highest BCUT2D eigenvalue weighted by Gasteiger charge is 2.26. The first-order valence-corrected chi connectivity index (χ1v) is 5.95. The molecule has 2 nitrogen and oxygen atoms in total. The Hall–Kier alpha value is -0.760. The molecule has 1 fully saturated rings. The van der Waals surface area contributed by atoms with Crippen LogP contribution >= 0.6 is 11.6 Å². The Bertz CT molecular complexity index is 340. The van der Waals surface area contributed by atoms with Crippen molar-refractivity contribution in [2.75, 3.05) is 11.4 Å². The van der Waals surface area contributed by atoms with Crippen LogP contribution in [0.1, 0.15) is 25.3 Å². The minimum absolute atomic E-state index is 0.270. The maximum absolute atomic E-state index is 6.31. The van der Waals surface area contributed by atoms with Gasteiger partial charge in [-0.3, -0.25) is 4.98 Å². The predicted molar refractivity (Wildman–Crippen MR) is 64.7 cm³/mol. The number of alkyl halides is 1. The van der Waals surface area contributed by atoms with Crippen LogP contribution in [-0.2, 0) is 0 Å². The normalized spacial score (nSPS) is 26.7. The third-order valence-corrected chi connectivity index (χ3v) is 3.78. The summed E-state index contributed by atoms with van der Waals surface area (Å²) >= 11 is 6.31. The van der Waals surface area contributed by atoms with Crippen molar-refractivity contribution < 1.29 is 0 Å². The summed E-state index contributed by atoms with van der Waals surface area (Å²) in [6, 6.07) is 2.50. The molecule has 2 rings (SSSR count). The first-order chi connectivity index (χ1) is 7.20. The summed E-state index contributed by atoms with van der Waals surface area (Å²) in [5.74, 6) is 0. The lowest BCUT2D eigenvalue weighted by Gasteiger charge is -2.39. The lowest BCUT2D eigenvalue weighted by atomic mass is 10.0. The van der Waals surface area contributed by atoms with Crippen molar-refractivity contribution >= 4 is 17.3 Å². The molecule has 1 aliphatic heterocycles. The molecule has 1 aliphatic rings. The molecule has 0 saturated carbocycles. The van der Waals surface area contributed by atoms with Crippen LogP contribution in [0, 0.1) is 6.92 Å². The summed E-state index contributed by atoms with van der Waals surface area (Å²) in [7, 11) is 0. The smallest absolute Gasteiger partial charge is 0.0537 e. The first kappa shape index (κ1) is 10.7. The Labute approximate surface area is 96.3 Å². The molecule has 0 radical (unpaired) electrons. The molecule has 3 heteroatoms. The van der Waals surface area contributed by atoms with Gasteiger partial charge in [0.2, 0.25) is 0 Å². The second-order valence-corrected chi connectivity index (χ2v) is 4.81. The SMILES string of the molecule is Cc1cnccc1N1CCCC(Cl)C1C. The monoisotopic (exact) mass is 224 g/mol. The standard InChI is InChI=1S/C12H17ClN2/c1-9-8-14-6-5-12(9)15-7-3-4-11(13)10(15)2/h5-6,8,10-11H,3-4,7H2,1-2H3. The van der Waals surface area contributed by atoms with Gasteiger partial charge in [-0.25, -0.2) is 0 Å². The van der Waals surface area contributed by atoms with Gasteiger partial charge in [0.25, 0.3) is 0 Å². The topological polar surface area (TPSA) is 16.1 Å². The summed E-state index contributed by atoms with van der Waals surface area (Å²) in [5, 5.41) is 0.270. The molecule has 2 unspecified atom stereocenters. The highest BCUT2D eigenvalue weighted by molar-refractivity contribution is 6.21. The molecule has 0 spiro atoms. The minimum atomic E-state index is 0.270. The van der Waals surface area contributed by atoms with E-state index in [0.29, 0.717) is 6.04 Å². The fourth-order valence-corrected chi connectivity index (χ4v) is 2.52. The largest absolute Gasteiger partial charge is 0.367 e. The number of piperidine rings is 1. The van der Waals surface area contributed by atoms with Gasteiger partial charge in [-0.1, -0.05) is 0 Å². The number of pyridine rings is 1. The summed E-state index contributed by atoms with van der Waals surface area (Å²) in [4.78, 5) is 6.53. The van der Waals surface area contributed by atoms with Crippen LogP contribution < -0.4 is 4.90 Å². The third kappa shape index (κ3) is 2.10. The molecule has 0 amide bonds. The van der Waals surface area contributed by atoms with E-state index in [1.165, 1.54) is 17.7 Å². The lowest BCUT2D eigenvalue weighted by Crippen LogP contribution is -2.44. The fourth-order valence-electron chi connectivity index (χ4n) is 2.22. The molecule has 1 aromatic heterocycles. The quantitative estimate of drug-likeness (QED) is 0.682. The Balaban J connectivity index is 2.26. The molecular formula is C12H17ClN2. The number of hydrogen-bond donors (Lipinski definition) is 0. The van der Waals surface area contributed by atoms with Crippen molar-refractivity contribution in [3.05, 3.63) is 24.0 Å². The second kappa shape index (κ2) is 4.40. The van der Waals surface area contributed by atoms with Crippen LogP contribution in [0.2, 0.25) is 0 Å². The van der Waals surface area contributed by atoms with Gasteiger partial charge in [-0.15, -0.1) is 11.6 Å². The van der Waals surface area contributed by atoms with Crippen LogP contribution in [0.15, 0.2) is 18.5 Å². The van der Waals surface area contributed by atoms with E-state index in [0.717, 1.165) is 13.0 Å². The van der Waals surface area contributed by atoms with Crippen molar-refractivity contribution in [3.8, 4) is 0 Å². The fraction of sp³-hybridized carbons (Fsp3) is 0.583. The predicted octanol–water partition coefficient (Wildman–Crippen LogP) is 2.99. The zero-order chi connectivity index (χ0) is 10.8. The Morgan fingerprint density at radius 2 is 2.33 bits per heavy atom. The second-order valence-electron chi connectivity index (χ2n) is 4.25. The van der Waals surface area contributed by atoms with Gasteiger partial charge in [0.05, 0.1) is 5.38 Å². The number of anilines is 1. The van der Waals surface area contributed by atoms with Crippen molar-refractivity contribution in [1.29, 1.82) is 0 Å². The minimum Gasteiger partial charge on any atom is -0.367 e. The third-order valence-electron chi connectivity index (χ3n) is 3.19. The maximum Gasteiger partial charge on any atom is 0.0537 e. The van der Waals surface area contributed by atoms with Gasteiger partial charge in [-0.2, -0.15) is 0 Å². The van der Waals surface area contributed by atoms with Gasteiger partial charge in [0.15, 0.2) is 0 Å². The molecule has 2 heterocycles. The van der Waals surface area contributed by atoms with E-state index < -0.39 is 0 Å². The Morgan fingerprint density at radius 3 is 3.07 bits per heavy atom. The van der Waals surface area contributed by atoms with E-state index in [-0.39, 0.29) is 5.38 Å². The molecule has 2 atom stereocenters. The van der Waals surface area contributed by atoms with Crippen molar-refractivity contribution in [1.82, 2.24) is 4.98 Å². The number of halogens is 1. The molecule has 0 aliphatic carbocycles. The molecular weight excluding hydrogens is 208 g/mol. The van der Waals surface area contributed by atoms with Crippen LogP contribution in [-0.4, -0.2) is 22.9 Å². The zero-order valence-corrected chi connectivity index (χ0v) is 10.0. The molecule has 1 saturated heterocycles. The lowest BCUT2D eigenvalue weighted by molar-refractivity contribution is 0.491. The number of hydrogen-bond acceptors (Lipinski definition) is 2. The highest BCUT2D eigenvalue weighted by Crippen LogP contribution is 2.29. The van der Waals surface area contributed by atoms with Crippen LogP contribution in [0.25, 0.3) is 0 Å². The van der Waals surface area contributed by atoms with E-state index in [4.69, 9.17) is 11.6 Å². The van der Waals surface area contributed by atoms with Crippen LogP contribution in [0.4, 0.5) is 5.69 Å². The summed E-state index contributed by atoms with van der Waals surface area (Å²) in [6.07, 6.45) is 6.08. The molecule has 82 valence electrons. The van der Waals surface area contributed by atoms with Crippen LogP contribution in [0.5, 0.6) is 0 Å². The van der Waals surface area contributed by atoms with Gasteiger partial charge >= 0.3 is 0 Å². The number of nitrogens with zero attached hydrogens (tertiary/aromatic N) is 2. The molecule has 0 aromatic carbocycles. The van der Waals surface area contributed by atoms with Crippen molar-refractivity contribution in [3.63, 3.8) is 0 Å². The number of aromatic nitrogens is 1. The molecule has 1 aromatic rings. The summed E-state index contributed by atoms with van der Waals surface area (Å²) in [5.41, 5.74) is 2.51. The average Bonchev–Trinajstić information content (AvgIpc) is 2.23. The van der Waals surface area contributed by atoms with E-state index in [1.54, 1.807) is 0 Å². The maximum atomic E-state index is 6.31. The van der Waals surface area contributed by atoms with Crippen molar-refractivity contribution in [2.45, 2.75) is 38.1 Å². The van der Waals surface area contributed by atoms with Crippen molar-refractivity contribution in [2.24, 2.45) is 0 Å². The van der Waals surface area contributed by atoms with E-state index in [9.17, 15) is 0 Å². The molecule has 0 N–H and O–H groups in total. The van der Waals surface area contributed by atoms with E-state index in [1.807, 2.05) is 12.4 Å². The Morgan fingerprint density at radius 1 is 1.53 bits per heavy atom. The average molecular weight is 225 g/mol. The highest BCUT2D eigenvalue weighted by atomic mass is 35.5. The first-order valence-electron chi connectivity index (χ1n) is 5.51. The van der Waals surface area contributed by atoms with Crippen LogP contribution in [0.3, 0.4) is 0 Å². The Kier molecular flexibility index (Phi) is 3.15. The summed E-state index contributed by atoms with van der Waals surface area (Å²) < 4.78 is 0. The number of aryl methyl sites for hydroxylation is 1. The number of rotatable bonds is 1. The van der Waals surface area contributed by atoms with Gasteiger partial charge in [0, 0.05) is 30.7 Å².